The number of rotatable bonds is 2. The summed E-state index contributed by atoms with van der Waals surface area (Å²) in [7, 11) is 1.82. The number of benzene rings is 1. The van der Waals surface area contributed by atoms with Gasteiger partial charge in [0.05, 0.1) is 17.3 Å². The molecule has 3 aromatic rings. The van der Waals surface area contributed by atoms with Crippen molar-refractivity contribution in [3.8, 4) is 5.69 Å². The number of halogens is 1. The fourth-order valence-corrected chi connectivity index (χ4v) is 1.94. The van der Waals surface area contributed by atoms with Gasteiger partial charge >= 0.3 is 0 Å². The molecule has 0 fully saturated rings. The van der Waals surface area contributed by atoms with E-state index >= 15 is 0 Å². The molecule has 0 aliphatic heterocycles. The number of nitrogens with one attached hydrogen (secondary N) is 1. The summed E-state index contributed by atoms with van der Waals surface area (Å²) in [5, 5.41) is 8.93. The number of hydrogen-bond donors (Lipinski definition) is 1. The van der Waals surface area contributed by atoms with Gasteiger partial charge < -0.3 is 5.32 Å². The third-order valence-electron chi connectivity index (χ3n) is 2.67. The lowest BCUT2D eigenvalue weighted by atomic mass is 10.3. The van der Waals surface area contributed by atoms with E-state index in [1.807, 2.05) is 31.3 Å². The summed E-state index contributed by atoms with van der Waals surface area (Å²) < 4.78 is 1.76. The Morgan fingerprint density at radius 2 is 1.94 bits per heavy atom. The van der Waals surface area contributed by atoms with Crippen molar-refractivity contribution in [1.29, 1.82) is 0 Å². The quantitative estimate of drug-likeness (QED) is 0.768. The molecule has 0 amide bonds. The number of fused-ring (bicyclic) bond motifs is 1. The molecule has 0 radical (unpaired) electrons. The van der Waals surface area contributed by atoms with Crippen LogP contribution in [0.5, 0.6) is 0 Å². The summed E-state index contributed by atoms with van der Waals surface area (Å²) >= 11 is 5.87. The molecule has 90 valence electrons. The van der Waals surface area contributed by atoms with Gasteiger partial charge in [0.15, 0.2) is 5.65 Å². The van der Waals surface area contributed by atoms with E-state index < -0.39 is 0 Å². The van der Waals surface area contributed by atoms with E-state index in [1.54, 1.807) is 10.9 Å². The van der Waals surface area contributed by atoms with Gasteiger partial charge in [-0.15, -0.1) is 0 Å². The summed E-state index contributed by atoms with van der Waals surface area (Å²) in [4.78, 5) is 8.41. The van der Waals surface area contributed by atoms with Crippen LogP contribution < -0.4 is 5.32 Å². The van der Waals surface area contributed by atoms with Crippen molar-refractivity contribution in [2.24, 2.45) is 0 Å². The largest absolute Gasteiger partial charge is 0.372 e. The maximum absolute atomic E-state index is 5.87. The molecule has 0 aliphatic rings. The standard InChI is InChI=1S/C12H10ClN5/c1-14-11-10-6-17-18(12(10)16-7-15-11)9-4-2-8(13)3-5-9/h2-7H,1H3,(H,14,15,16). The Hall–Kier alpha value is -2.14. The summed E-state index contributed by atoms with van der Waals surface area (Å²) in [5.41, 5.74) is 1.67. The molecule has 1 aromatic carbocycles. The highest BCUT2D eigenvalue weighted by molar-refractivity contribution is 6.30. The Kier molecular flexibility index (Phi) is 2.60. The molecular weight excluding hydrogens is 250 g/mol. The van der Waals surface area contributed by atoms with E-state index in [9.17, 15) is 0 Å². The predicted molar refractivity (Wildman–Crippen MR) is 71.2 cm³/mol. The maximum Gasteiger partial charge on any atom is 0.168 e. The van der Waals surface area contributed by atoms with Crippen molar-refractivity contribution >= 4 is 28.5 Å². The van der Waals surface area contributed by atoms with Crippen molar-refractivity contribution in [2.75, 3.05) is 12.4 Å². The van der Waals surface area contributed by atoms with Gasteiger partial charge in [0, 0.05) is 12.1 Å². The normalized spacial score (nSPS) is 10.8. The van der Waals surface area contributed by atoms with Crippen LogP contribution in [-0.4, -0.2) is 26.8 Å². The SMILES string of the molecule is CNc1ncnc2c1cnn2-c1ccc(Cl)cc1. The Morgan fingerprint density at radius 3 is 2.67 bits per heavy atom. The molecule has 2 heterocycles. The average molecular weight is 260 g/mol. The maximum atomic E-state index is 5.87. The van der Waals surface area contributed by atoms with Gasteiger partial charge in [-0.25, -0.2) is 14.6 Å². The van der Waals surface area contributed by atoms with E-state index in [4.69, 9.17) is 11.6 Å². The molecule has 1 N–H and O–H groups in total. The lowest BCUT2D eigenvalue weighted by molar-refractivity contribution is 0.895. The second-order valence-corrected chi connectivity index (χ2v) is 4.18. The van der Waals surface area contributed by atoms with E-state index in [0.29, 0.717) is 5.02 Å². The molecule has 2 aromatic heterocycles. The molecule has 0 spiro atoms. The summed E-state index contributed by atoms with van der Waals surface area (Å²) in [5.74, 6) is 0.764. The lowest BCUT2D eigenvalue weighted by Crippen LogP contribution is -1.99. The summed E-state index contributed by atoms with van der Waals surface area (Å²) in [6.07, 6.45) is 3.26. The molecule has 0 aliphatic carbocycles. The Labute approximate surface area is 108 Å². The molecule has 5 nitrogen and oxygen atoms in total. The highest BCUT2D eigenvalue weighted by atomic mass is 35.5. The van der Waals surface area contributed by atoms with Crippen molar-refractivity contribution in [1.82, 2.24) is 19.7 Å². The van der Waals surface area contributed by atoms with Gasteiger partial charge in [-0.05, 0) is 24.3 Å². The van der Waals surface area contributed by atoms with Crippen molar-refractivity contribution in [3.05, 3.63) is 41.8 Å². The molecular formula is C12H10ClN5. The van der Waals surface area contributed by atoms with E-state index in [0.717, 1.165) is 22.5 Å². The number of nitrogens with zero attached hydrogens (tertiary/aromatic N) is 4. The fraction of sp³-hybridized carbons (Fsp3) is 0.0833. The van der Waals surface area contributed by atoms with Crippen LogP contribution >= 0.6 is 11.6 Å². The first kappa shape index (κ1) is 11.0. The van der Waals surface area contributed by atoms with Gasteiger partial charge in [0.2, 0.25) is 0 Å². The monoisotopic (exact) mass is 259 g/mol. The molecule has 0 unspecified atom stereocenters. The van der Waals surface area contributed by atoms with Crippen LogP contribution in [0.25, 0.3) is 16.7 Å². The lowest BCUT2D eigenvalue weighted by Gasteiger charge is -2.03. The van der Waals surface area contributed by atoms with Crippen LogP contribution in [0, 0.1) is 0 Å². The zero-order chi connectivity index (χ0) is 12.5. The van der Waals surface area contributed by atoms with Gasteiger partial charge in [-0.1, -0.05) is 11.6 Å². The van der Waals surface area contributed by atoms with Gasteiger partial charge in [-0.3, -0.25) is 0 Å². The Balaban J connectivity index is 2.21. The molecule has 18 heavy (non-hydrogen) atoms. The smallest absolute Gasteiger partial charge is 0.168 e. The van der Waals surface area contributed by atoms with Crippen LogP contribution in [0.1, 0.15) is 0 Å². The number of anilines is 1. The summed E-state index contributed by atoms with van der Waals surface area (Å²) in [6.45, 7) is 0. The first-order valence-electron chi connectivity index (χ1n) is 5.42. The van der Waals surface area contributed by atoms with Crippen LogP contribution in [0.4, 0.5) is 5.82 Å². The van der Waals surface area contributed by atoms with Gasteiger partial charge in [0.25, 0.3) is 0 Å². The molecule has 0 saturated carbocycles. The van der Waals surface area contributed by atoms with Crippen molar-refractivity contribution in [3.63, 3.8) is 0 Å². The van der Waals surface area contributed by atoms with Crippen LogP contribution in [0.2, 0.25) is 5.02 Å². The third kappa shape index (κ3) is 1.69. The molecule has 0 atom stereocenters. The third-order valence-corrected chi connectivity index (χ3v) is 2.93. The second kappa shape index (κ2) is 4.27. The number of hydrogen-bond acceptors (Lipinski definition) is 4. The molecule has 3 rings (SSSR count). The minimum atomic E-state index is 0.695. The van der Waals surface area contributed by atoms with Gasteiger partial charge in [0.1, 0.15) is 12.1 Å². The van der Waals surface area contributed by atoms with E-state index in [1.165, 1.54) is 6.33 Å². The topological polar surface area (TPSA) is 55.6 Å². The second-order valence-electron chi connectivity index (χ2n) is 3.74. The molecule has 6 heteroatoms. The predicted octanol–water partition coefficient (Wildman–Crippen LogP) is 2.51. The Morgan fingerprint density at radius 1 is 1.17 bits per heavy atom. The fourth-order valence-electron chi connectivity index (χ4n) is 1.81. The zero-order valence-corrected chi connectivity index (χ0v) is 10.4. The van der Waals surface area contributed by atoms with Crippen molar-refractivity contribution < 1.29 is 0 Å². The Bertz CT molecular complexity index is 689. The summed E-state index contributed by atoms with van der Waals surface area (Å²) in [6, 6.07) is 7.45. The molecule has 0 bridgehead atoms. The molecule has 0 saturated heterocycles. The number of aromatic nitrogens is 4. The minimum Gasteiger partial charge on any atom is -0.372 e. The highest BCUT2D eigenvalue weighted by Crippen LogP contribution is 2.21. The van der Waals surface area contributed by atoms with Crippen LogP contribution in [0.3, 0.4) is 0 Å². The zero-order valence-electron chi connectivity index (χ0n) is 9.63. The van der Waals surface area contributed by atoms with Crippen LogP contribution in [0.15, 0.2) is 36.8 Å². The van der Waals surface area contributed by atoms with Gasteiger partial charge in [-0.2, -0.15) is 5.10 Å². The van der Waals surface area contributed by atoms with E-state index in [2.05, 4.69) is 20.4 Å². The van der Waals surface area contributed by atoms with Crippen LogP contribution in [-0.2, 0) is 0 Å². The first-order chi connectivity index (χ1) is 8.79. The highest BCUT2D eigenvalue weighted by Gasteiger charge is 2.09. The van der Waals surface area contributed by atoms with E-state index in [-0.39, 0.29) is 0 Å². The minimum absolute atomic E-state index is 0.695. The first-order valence-corrected chi connectivity index (χ1v) is 5.80. The van der Waals surface area contributed by atoms with Crippen molar-refractivity contribution in [2.45, 2.75) is 0 Å². The average Bonchev–Trinajstić information content (AvgIpc) is 2.83.